The van der Waals surface area contributed by atoms with Gasteiger partial charge in [0.1, 0.15) is 0 Å². The molecule has 3 N–H and O–H groups in total. The highest BCUT2D eigenvalue weighted by atomic mass is 16.1. The van der Waals surface area contributed by atoms with Crippen LogP contribution in [0.5, 0.6) is 0 Å². The highest BCUT2D eigenvalue weighted by molar-refractivity contribution is 6.01. The molecule has 1 aliphatic heterocycles. The van der Waals surface area contributed by atoms with Crippen LogP contribution >= 0.6 is 0 Å². The second kappa shape index (κ2) is 3.18. The molecular formula is C10H12N2O. The number of ketones is 1. The summed E-state index contributed by atoms with van der Waals surface area (Å²) in [6, 6.07) is 7.13. The van der Waals surface area contributed by atoms with Gasteiger partial charge in [-0.2, -0.15) is 0 Å². The van der Waals surface area contributed by atoms with Crippen molar-refractivity contribution >= 4 is 11.5 Å². The normalized spacial score (nSPS) is 20.8. The SMILES string of the molecule is Nc1cccc(C(=O)C2CCN2)c1. The van der Waals surface area contributed by atoms with E-state index in [1.54, 1.807) is 24.3 Å². The van der Waals surface area contributed by atoms with E-state index in [9.17, 15) is 4.79 Å². The van der Waals surface area contributed by atoms with Crippen LogP contribution in [-0.4, -0.2) is 18.4 Å². The zero-order valence-electron chi connectivity index (χ0n) is 7.29. The van der Waals surface area contributed by atoms with Gasteiger partial charge in [0.25, 0.3) is 0 Å². The molecular weight excluding hydrogens is 164 g/mol. The summed E-state index contributed by atoms with van der Waals surface area (Å²) in [5.41, 5.74) is 6.93. The molecule has 0 saturated carbocycles. The standard InChI is InChI=1S/C10H12N2O/c11-8-3-1-2-7(6-8)10(13)9-4-5-12-9/h1-3,6,9,12H,4-5,11H2. The maximum Gasteiger partial charge on any atom is 0.179 e. The van der Waals surface area contributed by atoms with Crippen LogP contribution in [0.25, 0.3) is 0 Å². The summed E-state index contributed by atoms with van der Waals surface area (Å²) in [7, 11) is 0. The van der Waals surface area contributed by atoms with Crippen LogP contribution in [0.3, 0.4) is 0 Å². The minimum absolute atomic E-state index is 0.0156. The molecule has 2 rings (SSSR count). The van der Waals surface area contributed by atoms with Crippen molar-refractivity contribution in [2.75, 3.05) is 12.3 Å². The third-order valence-electron chi connectivity index (χ3n) is 2.31. The summed E-state index contributed by atoms with van der Waals surface area (Å²) < 4.78 is 0. The molecule has 1 unspecified atom stereocenters. The molecule has 1 heterocycles. The number of Topliss-reactive ketones (excluding diaryl/α,β-unsaturated/α-hetero) is 1. The minimum atomic E-state index is 0.0156. The van der Waals surface area contributed by atoms with Crippen molar-refractivity contribution in [2.24, 2.45) is 0 Å². The van der Waals surface area contributed by atoms with E-state index >= 15 is 0 Å². The van der Waals surface area contributed by atoms with Crippen LogP contribution in [0.15, 0.2) is 24.3 Å². The van der Waals surface area contributed by atoms with Crippen molar-refractivity contribution < 1.29 is 4.79 Å². The molecule has 68 valence electrons. The molecule has 1 aliphatic rings. The van der Waals surface area contributed by atoms with Gasteiger partial charge in [-0.3, -0.25) is 4.79 Å². The predicted octanol–water partition coefficient (Wildman–Crippen LogP) is 0.813. The first kappa shape index (κ1) is 8.26. The molecule has 1 saturated heterocycles. The van der Waals surface area contributed by atoms with Gasteiger partial charge in [-0.05, 0) is 25.1 Å². The minimum Gasteiger partial charge on any atom is -0.399 e. The average Bonchev–Trinajstić information content (AvgIpc) is 2.01. The average molecular weight is 176 g/mol. The number of carbonyl (C=O) groups is 1. The fourth-order valence-electron chi connectivity index (χ4n) is 1.41. The number of carbonyl (C=O) groups excluding carboxylic acids is 1. The summed E-state index contributed by atoms with van der Waals surface area (Å²) in [6.07, 6.45) is 0.938. The van der Waals surface area contributed by atoms with Crippen LogP contribution < -0.4 is 11.1 Å². The van der Waals surface area contributed by atoms with Gasteiger partial charge in [0.15, 0.2) is 5.78 Å². The quantitative estimate of drug-likeness (QED) is 0.518. The highest BCUT2D eigenvalue weighted by Gasteiger charge is 2.25. The first-order chi connectivity index (χ1) is 6.27. The number of hydrogen-bond donors (Lipinski definition) is 2. The number of hydrogen-bond acceptors (Lipinski definition) is 3. The number of nitrogen functional groups attached to an aromatic ring is 1. The molecule has 1 aromatic carbocycles. The lowest BCUT2D eigenvalue weighted by molar-refractivity contribution is 0.0904. The lowest BCUT2D eigenvalue weighted by atomic mass is 9.96. The first-order valence-electron chi connectivity index (χ1n) is 4.40. The van der Waals surface area contributed by atoms with E-state index in [2.05, 4.69) is 5.32 Å². The Bertz CT molecular complexity index is 331. The van der Waals surface area contributed by atoms with Crippen LogP contribution in [0.2, 0.25) is 0 Å². The van der Waals surface area contributed by atoms with Crippen molar-refractivity contribution in [1.29, 1.82) is 0 Å². The zero-order chi connectivity index (χ0) is 9.26. The number of benzene rings is 1. The monoisotopic (exact) mass is 176 g/mol. The lowest BCUT2D eigenvalue weighted by Gasteiger charge is -2.26. The van der Waals surface area contributed by atoms with Gasteiger partial charge < -0.3 is 11.1 Å². The van der Waals surface area contributed by atoms with Gasteiger partial charge in [0.2, 0.25) is 0 Å². The van der Waals surface area contributed by atoms with Gasteiger partial charge >= 0.3 is 0 Å². The first-order valence-corrected chi connectivity index (χ1v) is 4.40. The summed E-state index contributed by atoms with van der Waals surface area (Å²) >= 11 is 0. The van der Waals surface area contributed by atoms with Crippen LogP contribution in [-0.2, 0) is 0 Å². The van der Waals surface area contributed by atoms with Gasteiger partial charge in [-0.1, -0.05) is 12.1 Å². The van der Waals surface area contributed by atoms with E-state index in [1.165, 1.54) is 0 Å². The third-order valence-corrected chi connectivity index (χ3v) is 2.31. The Balaban J connectivity index is 2.19. The molecule has 0 spiro atoms. The van der Waals surface area contributed by atoms with Crippen molar-refractivity contribution in [3.63, 3.8) is 0 Å². The lowest BCUT2D eigenvalue weighted by Crippen LogP contribution is -2.48. The van der Waals surface area contributed by atoms with Gasteiger partial charge in [-0.25, -0.2) is 0 Å². The van der Waals surface area contributed by atoms with Crippen molar-refractivity contribution in [1.82, 2.24) is 5.32 Å². The Labute approximate surface area is 76.9 Å². The van der Waals surface area contributed by atoms with Crippen LogP contribution in [0.1, 0.15) is 16.8 Å². The Morgan fingerprint density at radius 1 is 1.54 bits per heavy atom. The Kier molecular flexibility index (Phi) is 2.02. The molecule has 0 radical (unpaired) electrons. The van der Waals surface area contributed by atoms with Gasteiger partial charge in [0.05, 0.1) is 6.04 Å². The number of rotatable bonds is 2. The largest absolute Gasteiger partial charge is 0.399 e. The van der Waals surface area contributed by atoms with E-state index in [4.69, 9.17) is 5.73 Å². The Morgan fingerprint density at radius 3 is 2.85 bits per heavy atom. The molecule has 0 aliphatic carbocycles. The molecule has 3 nitrogen and oxygen atoms in total. The summed E-state index contributed by atoms with van der Waals surface area (Å²) in [4.78, 5) is 11.7. The third kappa shape index (κ3) is 1.55. The Morgan fingerprint density at radius 2 is 2.31 bits per heavy atom. The molecule has 3 heteroatoms. The number of nitrogens with one attached hydrogen (secondary N) is 1. The highest BCUT2D eigenvalue weighted by Crippen LogP contribution is 2.13. The summed E-state index contributed by atoms with van der Waals surface area (Å²) in [5.74, 6) is 0.151. The smallest absolute Gasteiger partial charge is 0.179 e. The molecule has 0 aromatic heterocycles. The number of nitrogens with two attached hydrogens (primary N) is 1. The molecule has 0 amide bonds. The molecule has 0 bridgehead atoms. The van der Waals surface area contributed by atoms with E-state index < -0.39 is 0 Å². The maximum atomic E-state index is 11.7. The molecule has 1 atom stereocenters. The summed E-state index contributed by atoms with van der Waals surface area (Å²) in [5, 5.41) is 3.07. The fraction of sp³-hybridized carbons (Fsp3) is 0.300. The van der Waals surface area contributed by atoms with E-state index in [0.29, 0.717) is 11.3 Å². The van der Waals surface area contributed by atoms with Crippen LogP contribution in [0, 0.1) is 0 Å². The van der Waals surface area contributed by atoms with Crippen molar-refractivity contribution in [3.8, 4) is 0 Å². The molecule has 1 aromatic rings. The summed E-state index contributed by atoms with van der Waals surface area (Å²) in [6.45, 7) is 0.943. The Hall–Kier alpha value is -1.35. The zero-order valence-corrected chi connectivity index (χ0v) is 7.29. The van der Waals surface area contributed by atoms with Gasteiger partial charge in [-0.15, -0.1) is 0 Å². The van der Waals surface area contributed by atoms with Crippen molar-refractivity contribution in [3.05, 3.63) is 29.8 Å². The second-order valence-corrected chi connectivity index (χ2v) is 3.29. The molecule has 13 heavy (non-hydrogen) atoms. The van der Waals surface area contributed by atoms with E-state index in [0.717, 1.165) is 13.0 Å². The predicted molar refractivity (Wildman–Crippen MR) is 51.6 cm³/mol. The van der Waals surface area contributed by atoms with Crippen LogP contribution in [0.4, 0.5) is 5.69 Å². The van der Waals surface area contributed by atoms with E-state index in [1.807, 2.05) is 0 Å². The van der Waals surface area contributed by atoms with E-state index in [-0.39, 0.29) is 11.8 Å². The topological polar surface area (TPSA) is 55.1 Å². The second-order valence-electron chi connectivity index (χ2n) is 3.29. The van der Waals surface area contributed by atoms with Crippen molar-refractivity contribution in [2.45, 2.75) is 12.5 Å². The fourth-order valence-corrected chi connectivity index (χ4v) is 1.41. The number of anilines is 1. The maximum absolute atomic E-state index is 11.7. The van der Waals surface area contributed by atoms with Gasteiger partial charge in [0, 0.05) is 11.3 Å². The molecule has 1 fully saturated rings.